The van der Waals surface area contributed by atoms with E-state index in [4.69, 9.17) is 5.73 Å². The van der Waals surface area contributed by atoms with Gasteiger partial charge in [-0.15, -0.1) is 35.1 Å². The maximum atomic E-state index is 5.66. The Balaban J connectivity index is 0.00000147. The third-order valence-electron chi connectivity index (χ3n) is 3.28. The van der Waals surface area contributed by atoms with E-state index >= 15 is 0 Å². The first kappa shape index (κ1) is 15.7. The van der Waals surface area contributed by atoms with Crippen LogP contribution in [-0.2, 0) is 13.1 Å². The van der Waals surface area contributed by atoms with E-state index in [1.807, 2.05) is 11.7 Å². The van der Waals surface area contributed by atoms with Gasteiger partial charge in [0.2, 0.25) is 0 Å². The Kier molecular flexibility index (Phi) is 5.74. The zero-order valence-electron chi connectivity index (χ0n) is 11.1. The smallest absolute Gasteiger partial charge is 0.180 e. The van der Waals surface area contributed by atoms with Crippen LogP contribution in [0, 0.1) is 0 Å². The van der Waals surface area contributed by atoms with Crippen LogP contribution in [0.5, 0.6) is 0 Å². The lowest BCUT2D eigenvalue weighted by atomic mass is 10.3. The fourth-order valence-electron chi connectivity index (χ4n) is 2.27. The highest BCUT2D eigenvalue weighted by Gasteiger charge is 2.18. The predicted octanol–water partition coefficient (Wildman–Crippen LogP) is 1.92. The first-order valence-corrected chi connectivity index (χ1v) is 8.07. The molecule has 1 fully saturated rings. The molecule has 2 N–H and O–H groups in total. The Morgan fingerprint density at radius 3 is 2.35 bits per heavy atom. The number of nitrogen functional groups attached to an aromatic ring is 1. The molecule has 2 aromatic heterocycles. The van der Waals surface area contributed by atoms with Crippen LogP contribution in [0.4, 0.5) is 5.13 Å². The Morgan fingerprint density at radius 1 is 1.10 bits per heavy atom. The number of thiazole rings is 2. The Morgan fingerprint density at radius 2 is 1.80 bits per heavy atom. The van der Waals surface area contributed by atoms with Gasteiger partial charge in [0.1, 0.15) is 0 Å². The molecule has 0 spiro atoms. The number of aromatic nitrogens is 2. The van der Waals surface area contributed by atoms with Crippen LogP contribution in [-0.4, -0.2) is 45.9 Å². The van der Waals surface area contributed by atoms with E-state index in [0.29, 0.717) is 5.13 Å². The molecular formula is C12H18ClN5S2. The molecule has 0 unspecified atom stereocenters. The van der Waals surface area contributed by atoms with Crippen LogP contribution in [0.2, 0.25) is 0 Å². The summed E-state index contributed by atoms with van der Waals surface area (Å²) in [6.45, 7) is 6.35. The molecule has 3 heterocycles. The third kappa shape index (κ3) is 4.13. The Bertz CT molecular complexity index is 508. The summed E-state index contributed by atoms with van der Waals surface area (Å²) >= 11 is 3.26. The Labute approximate surface area is 132 Å². The fourth-order valence-corrected chi connectivity index (χ4v) is 3.54. The number of hydrogen-bond acceptors (Lipinski definition) is 7. The van der Waals surface area contributed by atoms with Crippen molar-refractivity contribution in [1.29, 1.82) is 0 Å². The van der Waals surface area contributed by atoms with E-state index in [1.165, 1.54) is 10.6 Å². The second-order valence-electron chi connectivity index (χ2n) is 4.70. The molecule has 20 heavy (non-hydrogen) atoms. The SMILES string of the molecule is Cl.Nc1ncc(CN2CCN(Cc3cscn3)CC2)s1. The number of halogens is 1. The molecule has 1 saturated heterocycles. The normalized spacial score (nSPS) is 17.0. The van der Waals surface area contributed by atoms with Crippen molar-refractivity contribution in [3.8, 4) is 0 Å². The molecular weight excluding hydrogens is 314 g/mol. The minimum Gasteiger partial charge on any atom is -0.375 e. The first-order chi connectivity index (χ1) is 9.29. The number of nitrogens with two attached hydrogens (primary N) is 1. The van der Waals surface area contributed by atoms with Crippen LogP contribution in [0.3, 0.4) is 0 Å². The zero-order valence-corrected chi connectivity index (χ0v) is 13.5. The quantitative estimate of drug-likeness (QED) is 0.927. The van der Waals surface area contributed by atoms with E-state index in [0.717, 1.165) is 39.3 Å². The fraction of sp³-hybridized carbons (Fsp3) is 0.500. The molecule has 1 aliphatic rings. The molecule has 2 aromatic rings. The van der Waals surface area contributed by atoms with Gasteiger partial charge in [0.25, 0.3) is 0 Å². The van der Waals surface area contributed by atoms with Gasteiger partial charge >= 0.3 is 0 Å². The molecule has 0 bridgehead atoms. The first-order valence-electron chi connectivity index (χ1n) is 6.31. The van der Waals surface area contributed by atoms with Gasteiger partial charge in [-0.2, -0.15) is 0 Å². The molecule has 5 nitrogen and oxygen atoms in total. The number of hydrogen-bond donors (Lipinski definition) is 1. The van der Waals surface area contributed by atoms with Crippen molar-refractivity contribution in [2.24, 2.45) is 0 Å². The van der Waals surface area contributed by atoms with Gasteiger partial charge in [-0.25, -0.2) is 9.97 Å². The average molecular weight is 332 g/mol. The van der Waals surface area contributed by atoms with Crippen molar-refractivity contribution in [3.63, 3.8) is 0 Å². The van der Waals surface area contributed by atoms with Gasteiger partial charge < -0.3 is 5.73 Å². The van der Waals surface area contributed by atoms with E-state index in [2.05, 4.69) is 25.1 Å². The summed E-state index contributed by atoms with van der Waals surface area (Å²) in [7, 11) is 0. The average Bonchev–Trinajstić information content (AvgIpc) is 3.04. The van der Waals surface area contributed by atoms with Crippen molar-refractivity contribution in [2.45, 2.75) is 13.1 Å². The molecule has 0 aliphatic carbocycles. The molecule has 1 aliphatic heterocycles. The number of nitrogens with zero attached hydrogens (tertiary/aromatic N) is 4. The van der Waals surface area contributed by atoms with Crippen molar-refractivity contribution in [2.75, 3.05) is 31.9 Å². The maximum Gasteiger partial charge on any atom is 0.180 e. The van der Waals surface area contributed by atoms with Crippen LogP contribution < -0.4 is 5.73 Å². The second-order valence-corrected chi connectivity index (χ2v) is 6.56. The molecule has 3 rings (SSSR count). The number of rotatable bonds is 4. The van der Waals surface area contributed by atoms with Gasteiger partial charge in [-0.3, -0.25) is 9.80 Å². The standard InChI is InChI=1S/C12H17N5S2.ClH/c13-12-14-5-11(19-12)7-17-3-1-16(2-4-17)6-10-8-18-9-15-10;/h5,8-9H,1-4,6-7H2,(H2,13,14);1H. The Hall–Kier alpha value is -0.730. The van der Waals surface area contributed by atoms with Gasteiger partial charge in [-0.05, 0) is 0 Å². The van der Waals surface area contributed by atoms with Gasteiger partial charge in [0, 0.05) is 55.7 Å². The summed E-state index contributed by atoms with van der Waals surface area (Å²) in [6, 6.07) is 0. The van der Waals surface area contributed by atoms with Crippen LogP contribution in [0.25, 0.3) is 0 Å². The summed E-state index contributed by atoms with van der Waals surface area (Å²) in [6.07, 6.45) is 1.89. The van der Waals surface area contributed by atoms with E-state index < -0.39 is 0 Å². The highest BCUT2D eigenvalue weighted by molar-refractivity contribution is 7.15. The largest absolute Gasteiger partial charge is 0.375 e. The van der Waals surface area contributed by atoms with Gasteiger partial charge in [0.15, 0.2) is 5.13 Å². The van der Waals surface area contributed by atoms with Gasteiger partial charge in [0.05, 0.1) is 11.2 Å². The molecule has 0 aromatic carbocycles. The summed E-state index contributed by atoms with van der Waals surface area (Å²) in [5, 5.41) is 2.80. The lowest BCUT2D eigenvalue weighted by Crippen LogP contribution is -2.45. The topological polar surface area (TPSA) is 58.3 Å². The molecule has 8 heteroatoms. The van der Waals surface area contributed by atoms with Crippen molar-refractivity contribution in [3.05, 3.63) is 27.7 Å². The molecule has 0 atom stereocenters. The van der Waals surface area contributed by atoms with E-state index in [-0.39, 0.29) is 12.4 Å². The van der Waals surface area contributed by atoms with Crippen LogP contribution in [0.15, 0.2) is 17.1 Å². The zero-order chi connectivity index (χ0) is 13.1. The summed E-state index contributed by atoms with van der Waals surface area (Å²) in [4.78, 5) is 14.6. The highest BCUT2D eigenvalue weighted by Crippen LogP contribution is 2.17. The summed E-state index contributed by atoms with van der Waals surface area (Å²) in [5.41, 5.74) is 8.75. The minimum absolute atomic E-state index is 0. The second kappa shape index (κ2) is 7.33. The van der Waals surface area contributed by atoms with Crippen LogP contribution in [0.1, 0.15) is 10.6 Å². The number of anilines is 1. The van der Waals surface area contributed by atoms with Crippen molar-refractivity contribution in [1.82, 2.24) is 19.8 Å². The van der Waals surface area contributed by atoms with Crippen molar-refractivity contribution < 1.29 is 0 Å². The molecule has 110 valence electrons. The number of piperazine rings is 1. The molecule has 0 saturated carbocycles. The molecule has 0 amide bonds. The van der Waals surface area contributed by atoms with E-state index in [1.54, 1.807) is 22.7 Å². The predicted molar refractivity (Wildman–Crippen MR) is 86.4 cm³/mol. The minimum atomic E-state index is 0. The molecule has 0 radical (unpaired) electrons. The lowest BCUT2D eigenvalue weighted by molar-refractivity contribution is 0.122. The summed E-state index contributed by atoms with van der Waals surface area (Å²) in [5.74, 6) is 0. The van der Waals surface area contributed by atoms with Crippen molar-refractivity contribution >= 4 is 40.2 Å². The van der Waals surface area contributed by atoms with E-state index in [9.17, 15) is 0 Å². The lowest BCUT2D eigenvalue weighted by Gasteiger charge is -2.33. The maximum absolute atomic E-state index is 5.66. The highest BCUT2D eigenvalue weighted by atomic mass is 35.5. The summed E-state index contributed by atoms with van der Waals surface area (Å²) < 4.78 is 0. The third-order valence-corrected chi connectivity index (χ3v) is 4.73. The van der Waals surface area contributed by atoms with Gasteiger partial charge in [-0.1, -0.05) is 0 Å². The van der Waals surface area contributed by atoms with Crippen LogP contribution >= 0.6 is 35.1 Å². The monoisotopic (exact) mass is 331 g/mol.